The van der Waals surface area contributed by atoms with E-state index in [1.54, 1.807) is 6.07 Å². The molecule has 0 bridgehead atoms. The molecule has 2 atom stereocenters. The summed E-state index contributed by atoms with van der Waals surface area (Å²) < 4.78 is 20.4. The maximum atomic E-state index is 14.6. The van der Waals surface area contributed by atoms with Crippen LogP contribution in [0.15, 0.2) is 78.9 Å². The lowest BCUT2D eigenvalue weighted by Crippen LogP contribution is -2.48. The van der Waals surface area contributed by atoms with Gasteiger partial charge < -0.3 is 25.4 Å². The number of amides is 2. The Hall–Kier alpha value is -3.75. The van der Waals surface area contributed by atoms with E-state index in [-0.39, 0.29) is 31.2 Å². The van der Waals surface area contributed by atoms with E-state index >= 15 is 0 Å². The highest BCUT2D eigenvalue weighted by molar-refractivity contribution is 5.79. The quantitative estimate of drug-likeness (QED) is 0.174. The van der Waals surface area contributed by atoms with Crippen LogP contribution in [0.3, 0.4) is 0 Å². The van der Waals surface area contributed by atoms with Crippen molar-refractivity contribution in [2.75, 3.05) is 19.6 Å². The molecular formula is C35H46FN3O4. The number of rotatable bonds is 19. The van der Waals surface area contributed by atoms with Crippen molar-refractivity contribution in [1.29, 1.82) is 0 Å². The number of carbonyl (C=O) groups is 2. The van der Waals surface area contributed by atoms with Gasteiger partial charge in [0.2, 0.25) is 11.8 Å². The molecule has 0 fully saturated rings. The zero-order valence-corrected chi connectivity index (χ0v) is 25.4. The van der Waals surface area contributed by atoms with Gasteiger partial charge in [-0.1, -0.05) is 74.5 Å². The molecule has 0 spiro atoms. The van der Waals surface area contributed by atoms with Gasteiger partial charge in [-0.2, -0.15) is 0 Å². The van der Waals surface area contributed by atoms with Crippen molar-refractivity contribution in [3.8, 4) is 5.75 Å². The molecule has 0 radical (unpaired) electrons. The third-order valence-corrected chi connectivity index (χ3v) is 7.11. The molecule has 0 aromatic heterocycles. The Morgan fingerprint density at radius 2 is 1.53 bits per heavy atom. The lowest BCUT2D eigenvalue weighted by Gasteiger charge is -2.25. The molecule has 8 heteroatoms. The first-order chi connectivity index (χ1) is 20.9. The van der Waals surface area contributed by atoms with Gasteiger partial charge in [0, 0.05) is 45.1 Å². The summed E-state index contributed by atoms with van der Waals surface area (Å²) in [5.74, 6) is -0.275. The molecule has 0 aliphatic heterocycles. The Kier molecular flexibility index (Phi) is 14.7. The fraction of sp³-hybridized carbons (Fsp3) is 0.429. The monoisotopic (exact) mass is 591 g/mol. The highest BCUT2D eigenvalue weighted by atomic mass is 19.1. The second kappa shape index (κ2) is 18.7. The second-order valence-corrected chi connectivity index (χ2v) is 10.9. The third-order valence-electron chi connectivity index (χ3n) is 7.11. The van der Waals surface area contributed by atoms with Crippen molar-refractivity contribution in [2.24, 2.45) is 0 Å². The van der Waals surface area contributed by atoms with Crippen LogP contribution in [0, 0.1) is 5.82 Å². The van der Waals surface area contributed by atoms with Gasteiger partial charge in [-0.3, -0.25) is 9.59 Å². The Balaban J connectivity index is 1.63. The Morgan fingerprint density at radius 1 is 0.884 bits per heavy atom. The summed E-state index contributed by atoms with van der Waals surface area (Å²) in [5.41, 5.74) is 2.63. The average molecular weight is 592 g/mol. The van der Waals surface area contributed by atoms with E-state index in [2.05, 4.69) is 10.6 Å². The molecule has 3 aromatic carbocycles. The van der Waals surface area contributed by atoms with Crippen molar-refractivity contribution in [3.05, 3.63) is 101 Å². The van der Waals surface area contributed by atoms with Crippen LogP contribution in [0.4, 0.5) is 4.39 Å². The fourth-order valence-corrected chi connectivity index (χ4v) is 4.94. The van der Waals surface area contributed by atoms with Crippen LogP contribution in [0.5, 0.6) is 5.75 Å². The summed E-state index contributed by atoms with van der Waals surface area (Å²) >= 11 is 0. The number of nitrogens with zero attached hydrogens (tertiary/aromatic N) is 1. The zero-order valence-electron chi connectivity index (χ0n) is 25.4. The van der Waals surface area contributed by atoms with Crippen LogP contribution in [-0.4, -0.2) is 53.6 Å². The van der Waals surface area contributed by atoms with Crippen molar-refractivity contribution in [1.82, 2.24) is 15.5 Å². The standard InChI is InChI=1S/C35H46FN3O4/c1-3-18-39(19-4-2)35(42)17-11-16-34(41)38-32(33(40)25-37-24-27-12-7-5-8-13-27)22-29-20-30(36)23-31(21-29)43-26-28-14-9-6-10-15-28/h5-10,12-15,20-21,23,32-33,37,40H,3-4,11,16-19,22,24-26H2,1-2H3,(H,38,41)/t32-,33+/m0/s1. The number of aliphatic hydroxyl groups excluding tert-OH is 1. The zero-order chi connectivity index (χ0) is 30.9. The summed E-state index contributed by atoms with van der Waals surface area (Å²) in [5, 5.41) is 17.3. The minimum absolute atomic E-state index is 0.0565. The number of ether oxygens (including phenoxy) is 1. The van der Waals surface area contributed by atoms with Crippen LogP contribution >= 0.6 is 0 Å². The number of hydrogen-bond donors (Lipinski definition) is 3. The molecule has 3 rings (SSSR count). The average Bonchev–Trinajstić information content (AvgIpc) is 3.00. The molecule has 0 saturated carbocycles. The molecule has 0 saturated heterocycles. The van der Waals surface area contributed by atoms with Gasteiger partial charge in [-0.25, -0.2) is 4.39 Å². The van der Waals surface area contributed by atoms with Gasteiger partial charge in [-0.05, 0) is 54.5 Å². The van der Waals surface area contributed by atoms with E-state index in [0.717, 1.165) is 24.0 Å². The van der Waals surface area contributed by atoms with E-state index in [9.17, 15) is 19.1 Å². The van der Waals surface area contributed by atoms with Crippen molar-refractivity contribution in [3.63, 3.8) is 0 Å². The van der Waals surface area contributed by atoms with Gasteiger partial charge >= 0.3 is 0 Å². The molecule has 0 aliphatic rings. The first kappa shape index (κ1) is 33.7. The molecule has 0 unspecified atom stereocenters. The van der Waals surface area contributed by atoms with E-state index in [4.69, 9.17) is 4.74 Å². The van der Waals surface area contributed by atoms with Crippen molar-refractivity contribution >= 4 is 11.8 Å². The smallest absolute Gasteiger partial charge is 0.222 e. The van der Waals surface area contributed by atoms with Crippen molar-refractivity contribution < 1.29 is 23.8 Å². The van der Waals surface area contributed by atoms with Gasteiger partial charge in [-0.15, -0.1) is 0 Å². The summed E-state index contributed by atoms with van der Waals surface area (Å²) in [7, 11) is 0. The maximum Gasteiger partial charge on any atom is 0.222 e. The maximum absolute atomic E-state index is 14.6. The van der Waals surface area contributed by atoms with Crippen LogP contribution in [-0.2, 0) is 29.2 Å². The number of carbonyl (C=O) groups excluding carboxylic acids is 2. The molecule has 3 N–H and O–H groups in total. The molecule has 7 nitrogen and oxygen atoms in total. The van der Waals surface area contributed by atoms with Gasteiger partial charge in [0.05, 0.1) is 12.1 Å². The minimum Gasteiger partial charge on any atom is -0.489 e. The SMILES string of the molecule is CCCN(CCC)C(=O)CCCC(=O)N[C@@H](Cc1cc(F)cc(OCc2ccccc2)c1)[C@H](O)CNCc1ccccc1. The summed E-state index contributed by atoms with van der Waals surface area (Å²) in [6.45, 7) is 6.60. The molecule has 0 aliphatic carbocycles. The van der Waals surface area contributed by atoms with E-state index < -0.39 is 18.0 Å². The number of hydrogen-bond acceptors (Lipinski definition) is 5. The molecule has 2 amide bonds. The molecular weight excluding hydrogens is 545 g/mol. The van der Waals surface area contributed by atoms with Crippen LogP contribution in [0.1, 0.15) is 62.6 Å². The van der Waals surface area contributed by atoms with E-state index in [0.29, 0.717) is 50.4 Å². The summed E-state index contributed by atoms with van der Waals surface area (Å²) in [6.07, 6.45) is 1.93. The van der Waals surface area contributed by atoms with Crippen LogP contribution < -0.4 is 15.4 Å². The second-order valence-electron chi connectivity index (χ2n) is 10.9. The Morgan fingerprint density at radius 3 is 2.19 bits per heavy atom. The Bertz CT molecular complexity index is 1240. The van der Waals surface area contributed by atoms with Crippen LogP contribution in [0.2, 0.25) is 0 Å². The fourth-order valence-electron chi connectivity index (χ4n) is 4.94. The number of nitrogens with one attached hydrogen (secondary N) is 2. The molecule has 3 aromatic rings. The third kappa shape index (κ3) is 12.6. The highest BCUT2D eigenvalue weighted by Crippen LogP contribution is 2.20. The first-order valence-electron chi connectivity index (χ1n) is 15.3. The summed E-state index contributed by atoms with van der Waals surface area (Å²) in [4.78, 5) is 27.4. The van der Waals surface area contributed by atoms with Gasteiger partial charge in [0.25, 0.3) is 0 Å². The van der Waals surface area contributed by atoms with Gasteiger partial charge in [0.1, 0.15) is 18.2 Å². The van der Waals surface area contributed by atoms with Crippen LogP contribution in [0.25, 0.3) is 0 Å². The predicted octanol–water partition coefficient (Wildman–Crippen LogP) is 5.40. The first-order valence-corrected chi connectivity index (χ1v) is 15.3. The van der Waals surface area contributed by atoms with Gasteiger partial charge in [0.15, 0.2) is 0 Å². The lowest BCUT2D eigenvalue weighted by atomic mass is 10.00. The normalized spacial score (nSPS) is 12.4. The van der Waals surface area contributed by atoms with E-state index in [1.807, 2.05) is 79.4 Å². The summed E-state index contributed by atoms with van der Waals surface area (Å²) in [6, 6.07) is 23.2. The minimum atomic E-state index is -0.934. The Labute approximate surface area is 255 Å². The molecule has 0 heterocycles. The largest absolute Gasteiger partial charge is 0.489 e. The molecule has 43 heavy (non-hydrogen) atoms. The van der Waals surface area contributed by atoms with Crippen molar-refractivity contribution in [2.45, 2.75) is 77.7 Å². The highest BCUT2D eigenvalue weighted by Gasteiger charge is 2.23. The van der Waals surface area contributed by atoms with E-state index in [1.165, 1.54) is 12.1 Å². The number of aliphatic hydroxyl groups is 1. The lowest BCUT2D eigenvalue weighted by molar-refractivity contribution is -0.131. The predicted molar refractivity (Wildman–Crippen MR) is 168 cm³/mol. The number of benzene rings is 3. The number of halogens is 1. The topological polar surface area (TPSA) is 90.9 Å². The molecule has 232 valence electrons.